The number of benzene rings is 3. The van der Waals surface area contributed by atoms with E-state index in [1.54, 1.807) is 16.8 Å². The van der Waals surface area contributed by atoms with Gasteiger partial charge in [0.1, 0.15) is 11.6 Å². The minimum absolute atomic E-state index is 0.0948. The number of carbonyl (C=O) groups excluding carboxylic acids is 2. The molecule has 0 fully saturated rings. The van der Waals surface area contributed by atoms with E-state index in [1.165, 1.54) is 12.1 Å². The molecule has 6 rings (SSSR count). The first-order valence-corrected chi connectivity index (χ1v) is 12.6. The van der Waals surface area contributed by atoms with Crippen molar-refractivity contribution in [3.05, 3.63) is 86.9 Å². The van der Waals surface area contributed by atoms with Gasteiger partial charge in [0.2, 0.25) is 5.96 Å². The second kappa shape index (κ2) is 8.88. The van der Waals surface area contributed by atoms with Crippen LogP contribution in [-0.2, 0) is 11.9 Å². The van der Waals surface area contributed by atoms with Gasteiger partial charge in [-0.05, 0) is 49.4 Å². The average molecular weight is 592 g/mol. The van der Waals surface area contributed by atoms with Crippen LogP contribution >= 0.6 is 11.6 Å². The number of rotatable bonds is 3. The van der Waals surface area contributed by atoms with Gasteiger partial charge in [0.15, 0.2) is 5.72 Å². The van der Waals surface area contributed by atoms with Crippen molar-refractivity contribution in [2.75, 3.05) is 28.7 Å². The van der Waals surface area contributed by atoms with E-state index in [0.717, 1.165) is 12.1 Å². The molecule has 2 amide bonds. The minimum atomic E-state index is -4.93. The van der Waals surface area contributed by atoms with Crippen molar-refractivity contribution in [2.45, 2.75) is 24.9 Å². The molecule has 0 saturated carbocycles. The average Bonchev–Trinajstić information content (AvgIpc) is 3.50. The molecule has 2 atom stereocenters. The van der Waals surface area contributed by atoms with Crippen LogP contribution < -0.4 is 20.4 Å². The van der Waals surface area contributed by atoms with Crippen molar-refractivity contribution in [2.24, 2.45) is 4.99 Å². The topological polar surface area (TPSA) is 97.3 Å². The molecule has 212 valence electrons. The molecule has 3 aromatic carbocycles. The number of aliphatic hydroxyl groups is 1. The number of nitrogens with zero attached hydrogens (tertiary/aromatic N) is 3. The van der Waals surface area contributed by atoms with Crippen LogP contribution in [0.25, 0.3) is 0 Å². The maximum absolute atomic E-state index is 14.3. The van der Waals surface area contributed by atoms with Crippen molar-refractivity contribution < 1.29 is 36.6 Å². The van der Waals surface area contributed by atoms with E-state index in [1.807, 2.05) is 6.92 Å². The maximum Gasteiger partial charge on any atom is 0.416 e. The number of anilines is 3. The highest BCUT2D eigenvalue weighted by molar-refractivity contribution is 6.31. The largest absolute Gasteiger partial charge is 0.416 e. The molecular formula is C27H19ClF5N5O3. The number of amides is 2. The number of halogens is 6. The number of aliphatic imine (C=N–C) groups is 1. The summed E-state index contributed by atoms with van der Waals surface area (Å²) in [4.78, 5) is 34.7. The number of carbonyl (C=O) groups is 2. The third-order valence-corrected chi connectivity index (χ3v) is 7.59. The van der Waals surface area contributed by atoms with Crippen LogP contribution in [0.15, 0.2) is 47.5 Å². The lowest BCUT2D eigenvalue weighted by Gasteiger charge is -2.28. The SMILES string of the molecule is CC1CN=C2N(C)c3c(cc(NC(=O)c4cc(F)cc(C(F)(F)F)c4)c4c3C(=O)NC4(O)c3cc(F)ccc3Cl)N21. The summed E-state index contributed by atoms with van der Waals surface area (Å²) >= 11 is 6.30. The van der Waals surface area contributed by atoms with Crippen molar-refractivity contribution in [3.63, 3.8) is 0 Å². The van der Waals surface area contributed by atoms with Crippen molar-refractivity contribution in [3.8, 4) is 0 Å². The summed E-state index contributed by atoms with van der Waals surface area (Å²) in [6.07, 6.45) is -4.93. The van der Waals surface area contributed by atoms with Crippen LogP contribution in [0.1, 0.15) is 44.3 Å². The fraction of sp³-hybridized carbons (Fsp3) is 0.222. The first-order chi connectivity index (χ1) is 19.2. The highest BCUT2D eigenvalue weighted by Gasteiger charge is 2.52. The Kier molecular flexibility index (Phi) is 5.84. The van der Waals surface area contributed by atoms with Gasteiger partial charge in [-0.3, -0.25) is 14.6 Å². The number of guanidine groups is 1. The number of hydrogen-bond acceptors (Lipinski definition) is 6. The second-order valence-corrected chi connectivity index (χ2v) is 10.3. The van der Waals surface area contributed by atoms with Gasteiger partial charge in [-0.2, -0.15) is 13.2 Å². The van der Waals surface area contributed by atoms with Crippen LogP contribution in [0.2, 0.25) is 5.02 Å². The lowest BCUT2D eigenvalue weighted by molar-refractivity contribution is -0.137. The normalized spacial score (nSPS) is 21.0. The van der Waals surface area contributed by atoms with Gasteiger partial charge < -0.3 is 25.5 Å². The van der Waals surface area contributed by atoms with E-state index >= 15 is 0 Å². The first-order valence-electron chi connectivity index (χ1n) is 12.2. The molecule has 0 saturated heterocycles. The van der Waals surface area contributed by atoms with E-state index in [9.17, 15) is 36.6 Å². The summed E-state index contributed by atoms with van der Waals surface area (Å²) in [5.41, 5.74) is -4.53. The molecule has 0 spiro atoms. The second-order valence-electron chi connectivity index (χ2n) is 9.93. The molecule has 3 heterocycles. The molecule has 0 bridgehead atoms. The van der Waals surface area contributed by atoms with Gasteiger partial charge in [0.25, 0.3) is 11.8 Å². The lowest BCUT2D eigenvalue weighted by Crippen LogP contribution is -2.41. The van der Waals surface area contributed by atoms with Crippen LogP contribution in [0.4, 0.5) is 39.0 Å². The Labute approximate surface area is 234 Å². The van der Waals surface area contributed by atoms with Crippen LogP contribution in [-0.4, -0.2) is 42.5 Å². The summed E-state index contributed by atoms with van der Waals surface area (Å²) in [7, 11) is 1.65. The van der Waals surface area contributed by atoms with Gasteiger partial charge in [-0.25, -0.2) is 8.78 Å². The predicted octanol–water partition coefficient (Wildman–Crippen LogP) is 4.84. The Hall–Kier alpha value is -4.23. The standard InChI is InChI=1S/C27H19ClF5N5O3/c1-11-10-34-25-37(2)22-19(38(11)25)9-18(35-23(39)12-5-13(27(31,32)33)7-15(30)6-12)21-20(22)24(40)36-26(21,41)16-8-14(29)3-4-17(16)28/h3-9,11,41H,10H2,1-2H3,(H,35,39)(H,36,40). The Morgan fingerprint density at radius 3 is 2.61 bits per heavy atom. The lowest BCUT2D eigenvalue weighted by atomic mass is 9.90. The number of alkyl halides is 3. The Bertz CT molecular complexity index is 1710. The molecular weight excluding hydrogens is 573 g/mol. The third-order valence-electron chi connectivity index (χ3n) is 7.26. The van der Waals surface area contributed by atoms with Crippen molar-refractivity contribution in [1.29, 1.82) is 0 Å². The van der Waals surface area contributed by atoms with Gasteiger partial charge in [0, 0.05) is 28.8 Å². The molecule has 2 unspecified atom stereocenters. The highest BCUT2D eigenvalue weighted by Crippen LogP contribution is 2.52. The molecule has 3 aliphatic heterocycles. The molecule has 8 nitrogen and oxygen atoms in total. The zero-order valence-corrected chi connectivity index (χ0v) is 22.0. The minimum Gasteiger partial charge on any atom is -0.363 e. The molecule has 0 aromatic heterocycles. The molecule has 14 heteroatoms. The van der Waals surface area contributed by atoms with E-state index < -0.39 is 46.5 Å². The molecule has 0 aliphatic carbocycles. The third kappa shape index (κ3) is 4.02. The Morgan fingerprint density at radius 2 is 1.90 bits per heavy atom. The van der Waals surface area contributed by atoms with Gasteiger partial charge >= 0.3 is 6.18 Å². The fourth-order valence-electron chi connectivity index (χ4n) is 5.50. The Morgan fingerprint density at radius 1 is 1.17 bits per heavy atom. The predicted molar refractivity (Wildman–Crippen MR) is 140 cm³/mol. The number of fused-ring (bicyclic) bond motifs is 5. The van der Waals surface area contributed by atoms with Gasteiger partial charge in [-0.1, -0.05) is 11.6 Å². The van der Waals surface area contributed by atoms with Crippen LogP contribution in [0, 0.1) is 11.6 Å². The molecule has 41 heavy (non-hydrogen) atoms. The highest BCUT2D eigenvalue weighted by atomic mass is 35.5. The maximum atomic E-state index is 14.3. The monoisotopic (exact) mass is 591 g/mol. The molecule has 3 N–H and O–H groups in total. The van der Waals surface area contributed by atoms with Crippen molar-refractivity contribution in [1.82, 2.24) is 5.32 Å². The summed E-state index contributed by atoms with van der Waals surface area (Å²) < 4.78 is 68.4. The summed E-state index contributed by atoms with van der Waals surface area (Å²) in [5.74, 6) is -3.53. The van der Waals surface area contributed by atoms with E-state index in [4.69, 9.17) is 11.6 Å². The fourth-order valence-corrected chi connectivity index (χ4v) is 5.76. The zero-order valence-electron chi connectivity index (χ0n) is 21.2. The van der Waals surface area contributed by atoms with Crippen LogP contribution in [0.3, 0.4) is 0 Å². The smallest absolute Gasteiger partial charge is 0.363 e. The van der Waals surface area contributed by atoms with Crippen molar-refractivity contribution >= 4 is 46.4 Å². The summed E-state index contributed by atoms with van der Waals surface area (Å²) in [6.45, 7) is 2.30. The number of hydrogen-bond donors (Lipinski definition) is 3. The molecule has 3 aromatic rings. The summed E-state index contributed by atoms with van der Waals surface area (Å²) in [6, 6.07) is 5.75. The van der Waals surface area contributed by atoms with Gasteiger partial charge in [0.05, 0.1) is 40.8 Å². The quantitative estimate of drug-likeness (QED) is 0.379. The Balaban J connectivity index is 1.58. The number of nitrogens with one attached hydrogen (secondary N) is 2. The van der Waals surface area contributed by atoms with Gasteiger partial charge in [-0.15, -0.1) is 0 Å². The summed E-state index contributed by atoms with van der Waals surface area (Å²) in [5, 5.41) is 16.7. The molecule has 3 aliphatic rings. The van der Waals surface area contributed by atoms with E-state index in [2.05, 4.69) is 15.6 Å². The zero-order chi connectivity index (χ0) is 29.6. The molecule has 0 radical (unpaired) electrons. The van der Waals surface area contributed by atoms with Crippen LogP contribution in [0.5, 0.6) is 0 Å². The first kappa shape index (κ1) is 27.0. The van der Waals surface area contributed by atoms with E-state index in [0.29, 0.717) is 36.0 Å². The van der Waals surface area contributed by atoms with E-state index in [-0.39, 0.29) is 39.5 Å².